The number of nitrogens with one attached hydrogen (secondary N) is 1. The van der Waals surface area contributed by atoms with Crippen LogP contribution < -0.4 is 5.11 Å². The van der Waals surface area contributed by atoms with Crippen LogP contribution >= 0.6 is 0 Å². The third-order valence-electron chi connectivity index (χ3n) is 2.06. The highest BCUT2D eigenvalue weighted by Crippen LogP contribution is 2.06. The average molecular weight is 201 g/mol. The van der Waals surface area contributed by atoms with E-state index in [4.69, 9.17) is 0 Å². The quantitative estimate of drug-likeness (QED) is 0.779. The van der Waals surface area contributed by atoms with Gasteiger partial charge in [0.25, 0.3) is 0 Å². The van der Waals surface area contributed by atoms with Gasteiger partial charge in [-0.3, -0.25) is 4.98 Å². The number of carboxylic acids is 1. The van der Waals surface area contributed by atoms with E-state index in [-0.39, 0.29) is 5.69 Å². The fourth-order valence-corrected chi connectivity index (χ4v) is 1.36. The second kappa shape index (κ2) is 3.96. The zero-order chi connectivity index (χ0) is 10.7. The smallest absolute Gasteiger partial charge is 0.0878 e. The lowest BCUT2D eigenvalue weighted by Gasteiger charge is -1.99. The van der Waals surface area contributed by atoms with E-state index in [1.54, 1.807) is 12.3 Å². The molecule has 4 heteroatoms. The molecule has 0 aliphatic heterocycles. The third-order valence-corrected chi connectivity index (χ3v) is 2.06. The third kappa shape index (κ3) is 2.22. The highest BCUT2D eigenvalue weighted by Gasteiger charge is 2.01. The molecule has 2 aromatic heterocycles. The number of rotatable bonds is 3. The summed E-state index contributed by atoms with van der Waals surface area (Å²) < 4.78 is 0. The molecule has 0 fully saturated rings. The summed E-state index contributed by atoms with van der Waals surface area (Å²) in [5.74, 6) is -1.19. The van der Waals surface area contributed by atoms with Crippen molar-refractivity contribution in [2.75, 3.05) is 0 Å². The number of carboxylic acid groups (broad SMARTS) is 1. The van der Waals surface area contributed by atoms with Crippen molar-refractivity contribution in [2.45, 2.75) is 6.42 Å². The molecule has 4 nitrogen and oxygen atoms in total. The molecule has 0 saturated carbocycles. The van der Waals surface area contributed by atoms with Crippen molar-refractivity contribution in [3.05, 3.63) is 53.6 Å². The predicted octanol–water partition coefficient (Wildman–Crippen LogP) is 0.364. The van der Waals surface area contributed by atoms with Gasteiger partial charge in [0.05, 0.1) is 11.7 Å². The van der Waals surface area contributed by atoms with Crippen molar-refractivity contribution in [2.24, 2.45) is 0 Å². The number of nitrogens with zero attached hydrogens (tertiary/aromatic N) is 1. The SMILES string of the molecule is O=C([O-])c1ccc(Cc2ccccn2)[nH]1. The van der Waals surface area contributed by atoms with Crippen LogP contribution in [0.5, 0.6) is 0 Å². The average Bonchev–Trinajstić information content (AvgIpc) is 2.68. The van der Waals surface area contributed by atoms with E-state index in [1.165, 1.54) is 6.07 Å². The molecule has 2 heterocycles. The van der Waals surface area contributed by atoms with Crippen LogP contribution in [0.3, 0.4) is 0 Å². The van der Waals surface area contributed by atoms with Gasteiger partial charge in [-0.25, -0.2) is 0 Å². The van der Waals surface area contributed by atoms with Gasteiger partial charge < -0.3 is 14.9 Å². The standard InChI is InChI=1S/C11H10N2O2/c14-11(15)10-5-4-9(13-10)7-8-3-1-2-6-12-8/h1-6,13H,7H2,(H,14,15)/p-1. The molecule has 0 unspecified atom stereocenters. The number of aromatic nitrogens is 2. The zero-order valence-corrected chi connectivity index (χ0v) is 7.93. The molecule has 0 saturated heterocycles. The largest absolute Gasteiger partial charge is 0.543 e. The minimum atomic E-state index is -1.19. The maximum Gasteiger partial charge on any atom is 0.0878 e. The van der Waals surface area contributed by atoms with Crippen LogP contribution in [0.25, 0.3) is 0 Å². The molecular weight excluding hydrogens is 192 g/mol. The van der Waals surface area contributed by atoms with Crippen LogP contribution in [0, 0.1) is 0 Å². The molecular formula is C11H9N2O2-. The number of carbonyl (C=O) groups is 1. The summed E-state index contributed by atoms with van der Waals surface area (Å²) in [6, 6.07) is 8.84. The number of aromatic carboxylic acids is 1. The van der Waals surface area contributed by atoms with Gasteiger partial charge in [0.2, 0.25) is 0 Å². The Kier molecular flexibility index (Phi) is 2.49. The van der Waals surface area contributed by atoms with Gasteiger partial charge in [-0.2, -0.15) is 0 Å². The van der Waals surface area contributed by atoms with Gasteiger partial charge in [-0.1, -0.05) is 6.07 Å². The number of hydrogen-bond acceptors (Lipinski definition) is 3. The lowest BCUT2D eigenvalue weighted by molar-refractivity contribution is -0.255. The van der Waals surface area contributed by atoms with Crippen LogP contribution in [0.2, 0.25) is 0 Å². The van der Waals surface area contributed by atoms with Crippen molar-refractivity contribution < 1.29 is 9.90 Å². The van der Waals surface area contributed by atoms with Crippen molar-refractivity contribution in [1.82, 2.24) is 9.97 Å². The fourth-order valence-electron chi connectivity index (χ4n) is 1.36. The van der Waals surface area contributed by atoms with Crippen molar-refractivity contribution >= 4 is 5.97 Å². The molecule has 0 bridgehead atoms. The fraction of sp³-hybridized carbons (Fsp3) is 0.0909. The Balaban J connectivity index is 2.15. The number of hydrogen-bond donors (Lipinski definition) is 1. The first kappa shape index (κ1) is 9.45. The zero-order valence-electron chi connectivity index (χ0n) is 7.93. The van der Waals surface area contributed by atoms with Crippen LogP contribution in [0.15, 0.2) is 36.5 Å². The van der Waals surface area contributed by atoms with Crippen LogP contribution in [0.1, 0.15) is 21.9 Å². The Morgan fingerprint density at radius 2 is 2.20 bits per heavy atom. The minimum absolute atomic E-state index is 0.0981. The van der Waals surface area contributed by atoms with E-state index in [0.29, 0.717) is 6.42 Å². The molecule has 2 aromatic rings. The van der Waals surface area contributed by atoms with E-state index in [2.05, 4.69) is 9.97 Å². The highest BCUT2D eigenvalue weighted by molar-refractivity contribution is 5.83. The Hall–Kier alpha value is -2.10. The molecule has 0 atom stereocenters. The number of H-pyrrole nitrogens is 1. The Bertz CT molecular complexity index is 462. The van der Waals surface area contributed by atoms with Crippen LogP contribution in [0.4, 0.5) is 0 Å². The highest BCUT2D eigenvalue weighted by atomic mass is 16.4. The van der Waals surface area contributed by atoms with Gasteiger partial charge in [-0.05, 0) is 24.3 Å². The first-order valence-electron chi connectivity index (χ1n) is 4.55. The normalized spacial score (nSPS) is 10.1. The minimum Gasteiger partial charge on any atom is -0.543 e. The van der Waals surface area contributed by atoms with Crippen LogP contribution in [-0.2, 0) is 6.42 Å². The van der Waals surface area contributed by atoms with E-state index in [1.807, 2.05) is 18.2 Å². The second-order valence-corrected chi connectivity index (χ2v) is 3.18. The first-order valence-corrected chi connectivity index (χ1v) is 4.55. The van der Waals surface area contributed by atoms with Crippen molar-refractivity contribution in [3.63, 3.8) is 0 Å². The Labute approximate surface area is 86.6 Å². The maximum atomic E-state index is 10.5. The van der Waals surface area contributed by atoms with Gasteiger partial charge in [0.1, 0.15) is 0 Å². The first-order chi connectivity index (χ1) is 7.25. The summed E-state index contributed by atoms with van der Waals surface area (Å²) in [5, 5.41) is 10.5. The summed E-state index contributed by atoms with van der Waals surface area (Å²) in [7, 11) is 0. The number of aromatic amines is 1. The van der Waals surface area contributed by atoms with E-state index in [9.17, 15) is 9.90 Å². The van der Waals surface area contributed by atoms with Crippen molar-refractivity contribution in [3.8, 4) is 0 Å². The van der Waals surface area contributed by atoms with Gasteiger partial charge in [-0.15, -0.1) is 0 Å². The topological polar surface area (TPSA) is 68.8 Å². The van der Waals surface area contributed by atoms with E-state index >= 15 is 0 Å². The van der Waals surface area contributed by atoms with E-state index in [0.717, 1.165) is 11.4 Å². The Morgan fingerprint density at radius 3 is 2.80 bits per heavy atom. The molecule has 15 heavy (non-hydrogen) atoms. The summed E-state index contributed by atoms with van der Waals surface area (Å²) in [6.45, 7) is 0. The van der Waals surface area contributed by atoms with Gasteiger partial charge in [0.15, 0.2) is 0 Å². The molecule has 2 rings (SSSR count). The summed E-state index contributed by atoms with van der Waals surface area (Å²) in [5.41, 5.74) is 1.80. The molecule has 0 radical (unpaired) electrons. The maximum absolute atomic E-state index is 10.5. The molecule has 0 aromatic carbocycles. The number of pyridine rings is 1. The molecule has 0 amide bonds. The Morgan fingerprint density at radius 1 is 1.33 bits per heavy atom. The van der Waals surface area contributed by atoms with Gasteiger partial charge >= 0.3 is 0 Å². The van der Waals surface area contributed by atoms with Gasteiger partial charge in [0, 0.05) is 24.0 Å². The molecule has 76 valence electrons. The molecule has 1 N–H and O–H groups in total. The van der Waals surface area contributed by atoms with E-state index < -0.39 is 5.97 Å². The molecule has 0 aliphatic rings. The summed E-state index contributed by atoms with van der Waals surface area (Å²) >= 11 is 0. The lowest BCUT2D eigenvalue weighted by Crippen LogP contribution is -2.22. The van der Waals surface area contributed by atoms with Crippen molar-refractivity contribution in [1.29, 1.82) is 0 Å². The lowest BCUT2D eigenvalue weighted by atomic mass is 10.2. The summed E-state index contributed by atoms with van der Waals surface area (Å²) in [6.07, 6.45) is 2.30. The number of carbonyl (C=O) groups excluding carboxylic acids is 1. The summed E-state index contributed by atoms with van der Waals surface area (Å²) in [4.78, 5) is 17.4. The molecule has 0 aliphatic carbocycles. The predicted molar refractivity (Wildman–Crippen MR) is 52.2 cm³/mol. The molecule has 0 spiro atoms. The monoisotopic (exact) mass is 201 g/mol. The second-order valence-electron chi connectivity index (χ2n) is 3.18. The van der Waals surface area contributed by atoms with Crippen LogP contribution in [-0.4, -0.2) is 15.9 Å².